The number of furan rings is 1. The molecule has 1 heterocycles. The van der Waals surface area contributed by atoms with Crippen LogP contribution in [0.25, 0.3) is 11.3 Å². The monoisotopic (exact) mass is 326 g/mol. The molecule has 0 atom stereocenters. The smallest absolute Gasteiger partial charge is 0.344 e. The molecule has 23 heavy (non-hydrogen) atoms. The van der Waals surface area contributed by atoms with Crippen LogP contribution in [0.2, 0.25) is 5.02 Å². The molecule has 0 aliphatic heterocycles. The summed E-state index contributed by atoms with van der Waals surface area (Å²) in [5.74, 6) is 0.492. The Morgan fingerprint density at radius 2 is 1.74 bits per heavy atom. The second-order valence-corrected chi connectivity index (χ2v) is 5.15. The number of aldehydes is 1. The van der Waals surface area contributed by atoms with E-state index in [0.717, 1.165) is 0 Å². The van der Waals surface area contributed by atoms with Crippen LogP contribution in [0, 0.1) is 0 Å². The Kier molecular flexibility index (Phi) is 4.26. The molecular weight excluding hydrogens is 316 g/mol. The van der Waals surface area contributed by atoms with Crippen LogP contribution in [0.5, 0.6) is 5.75 Å². The van der Waals surface area contributed by atoms with Crippen molar-refractivity contribution in [2.24, 2.45) is 0 Å². The number of carbonyl (C=O) groups excluding carboxylic acids is 2. The van der Waals surface area contributed by atoms with Crippen LogP contribution in [0.15, 0.2) is 65.1 Å². The first kappa shape index (κ1) is 15.1. The van der Waals surface area contributed by atoms with Gasteiger partial charge in [0.25, 0.3) is 0 Å². The van der Waals surface area contributed by atoms with Gasteiger partial charge in [-0.05, 0) is 42.5 Å². The first-order chi connectivity index (χ1) is 11.2. The van der Waals surface area contributed by atoms with Crippen LogP contribution in [0.3, 0.4) is 0 Å². The van der Waals surface area contributed by atoms with Crippen molar-refractivity contribution in [2.75, 3.05) is 0 Å². The van der Waals surface area contributed by atoms with E-state index in [0.29, 0.717) is 33.9 Å². The zero-order valence-electron chi connectivity index (χ0n) is 11.9. The average Bonchev–Trinajstić information content (AvgIpc) is 3.06. The first-order valence-electron chi connectivity index (χ1n) is 6.79. The van der Waals surface area contributed by atoms with Gasteiger partial charge >= 0.3 is 5.97 Å². The van der Waals surface area contributed by atoms with E-state index in [9.17, 15) is 9.59 Å². The molecule has 0 aliphatic carbocycles. The molecular formula is C18H11ClO4. The Morgan fingerprint density at radius 3 is 2.43 bits per heavy atom. The number of ether oxygens (including phenoxy) is 1. The van der Waals surface area contributed by atoms with E-state index in [1.54, 1.807) is 60.7 Å². The highest BCUT2D eigenvalue weighted by molar-refractivity contribution is 6.30. The molecule has 0 N–H and O–H groups in total. The van der Waals surface area contributed by atoms with Crippen LogP contribution in [0.1, 0.15) is 20.9 Å². The fourth-order valence-electron chi connectivity index (χ4n) is 2.10. The summed E-state index contributed by atoms with van der Waals surface area (Å²) in [7, 11) is 0. The minimum Gasteiger partial charge on any atom is -0.453 e. The fraction of sp³-hybridized carbons (Fsp3) is 0. The van der Waals surface area contributed by atoms with Crippen molar-refractivity contribution < 1.29 is 18.7 Å². The predicted molar refractivity (Wildman–Crippen MR) is 85.9 cm³/mol. The van der Waals surface area contributed by atoms with Crippen LogP contribution in [-0.2, 0) is 0 Å². The molecule has 0 spiro atoms. The lowest BCUT2D eigenvalue weighted by Crippen LogP contribution is -2.09. The zero-order valence-corrected chi connectivity index (χ0v) is 12.6. The Balaban J connectivity index is 1.91. The number of benzene rings is 2. The van der Waals surface area contributed by atoms with Crippen molar-refractivity contribution in [2.45, 2.75) is 0 Å². The minimum absolute atomic E-state index is 0.195. The average molecular weight is 327 g/mol. The van der Waals surface area contributed by atoms with Crippen molar-refractivity contribution in [3.05, 3.63) is 77.0 Å². The lowest BCUT2D eigenvalue weighted by molar-refractivity contribution is 0.0735. The SMILES string of the molecule is O=Cc1ccc(-c2ccccc2C(=O)Oc2ccc(Cl)cc2)o1. The summed E-state index contributed by atoms with van der Waals surface area (Å²) in [6, 6.07) is 16.5. The van der Waals surface area contributed by atoms with Gasteiger partial charge in [0.1, 0.15) is 11.5 Å². The molecule has 3 aromatic rings. The van der Waals surface area contributed by atoms with Gasteiger partial charge in [0.2, 0.25) is 0 Å². The van der Waals surface area contributed by atoms with Gasteiger partial charge in [-0.2, -0.15) is 0 Å². The number of halogens is 1. The summed E-state index contributed by atoms with van der Waals surface area (Å²) in [5.41, 5.74) is 0.897. The third kappa shape index (κ3) is 3.33. The molecule has 0 saturated heterocycles. The van der Waals surface area contributed by atoms with Crippen LogP contribution >= 0.6 is 11.6 Å². The number of hydrogen-bond donors (Lipinski definition) is 0. The molecule has 0 fully saturated rings. The summed E-state index contributed by atoms with van der Waals surface area (Å²) in [6.45, 7) is 0. The molecule has 0 amide bonds. The van der Waals surface area contributed by atoms with Crippen molar-refractivity contribution in [3.8, 4) is 17.1 Å². The second kappa shape index (κ2) is 6.50. The third-order valence-electron chi connectivity index (χ3n) is 3.18. The maximum absolute atomic E-state index is 12.4. The van der Waals surface area contributed by atoms with Gasteiger partial charge in [-0.15, -0.1) is 0 Å². The van der Waals surface area contributed by atoms with Gasteiger partial charge in [0, 0.05) is 10.6 Å². The van der Waals surface area contributed by atoms with Gasteiger partial charge in [-0.3, -0.25) is 4.79 Å². The molecule has 114 valence electrons. The zero-order chi connectivity index (χ0) is 16.2. The van der Waals surface area contributed by atoms with E-state index >= 15 is 0 Å². The molecule has 1 aromatic heterocycles. The Bertz CT molecular complexity index is 849. The third-order valence-corrected chi connectivity index (χ3v) is 3.43. The van der Waals surface area contributed by atoms with Crippen LogP contribution in [-0.4, -0.2) is 12.3 Å². The largest absolute Gasteiger partial charge is 0.453 e. The molecule has 0 unspecified atom stereocenters. The fourth-order valence-corrected chi connectivity index (χ4v) is 2.23. The molecule has 5 heteroatoms. The normalized spacial score (nSPS) is 10.3. The maximum atomic E-state index is 12.4. The molecule has 0 saturated carbocycles. The molecule has 2 aromatic carbocycles. The number of hydrogen-bond acceptors (Lipinski definition) is 4. The molecule has 0 aliphatic rings. The lowest BCUT2D eigenvalue weighted by Gasteiger charge is -2.08. The summed E-state index contributed by atoms with van der Waals surface area (Å²) < 4.78 is 10.7. The van der Waals surface area contributed by atoms with E-state index < -0.39 is 5.97 Å². The van der Waals surface area contributed by atoms with Crippen molar-refractivity contribution in [3.63, 3.8) is 0 Å². The highest BCUT2D eigenvalue weighted by Gasteiger charge is 2.17. The van der Waals surface area contributed by atoms with Gasteiger partial charge in [-0.25, -0.2) is 4.79 Å². The van der Waals surface area contributed by atoms with Crippen molar-refractivity contribution in [1.29, 1.82) is 0 Å². The summed E-state index contributed by atoms with van der Waals surface area (Å²) in [5, 5.41) is 0.558. The van der Waals surface area contributed by atoms with Gasteiger partial charge < -0.3 is 9.15 Å². The molecule has 4 nitrogen and oxygen atoms in total. The maximum Gasteiger partial charge on any atom is 0.344 e. The van der Waals surface area contributed by atoms with E-state index in [1.165, 1.54) is 0 Å². The van der Waals surface area contributed by atoms with Crippen molar-refractivity contribution in [1.82, 2.24) is 0 Å². The summed E-state index contributed by atoms with van der Waals surface area (Å²) in [6.07, 6.45) is 0.609. The van der Waals surface area contributed by atoms with E-state index in [4.69, 9.17) is 20.8 Å². The minimum atomic E-state index is -0.521. The van der Waals surface area contributed by atoms with E-state index in [2.05, 4.69) is 0 Å². The number of rotatable bonds is 4. The van der Waals surface area contributed by atoms with Gasteiger partial charge in [0.05, 0.1) is 5.56 Å². The molecule has 0 bridgehead atoms. The second-order valence-electron chi connectivity index (χ2n) is 4.71. The van der Waals surface area contributed by atoms with Gasteiger partial charge in [-0.1, -0.05) is 29.8 Å². The van der Waals surface area contributed by atoms with Gasteiger partial charge in [0.15, 0.2) is 12.0 Å². The Labute approximate surface area is 137 Å². The summed E-state index contributed by atoms with van der Waals surface area (Å²) in [4.78, 5) is 23.1. The Hall–Kier alpha value is -2.85. The topological polar surface area (TPSA) is 56.5 Å². The highest BCUT2D eigenvalue weighted by atomic mass is 35.5. The van der Waals surface area contributed by atoms with Crippen LogP contribution < -0.4 is 4.74 Å². The lowest BCUT2D eigenvalue weighted by atomic mass is 10.1. The molecule has 3 rings (SSSR count). The predicted octanol–water partition coefficient (Wildman–Crippen LogP) is 4.63. The standard InChI is InChI=1S/C18H11ClO4/c19-12-5-7-13(8-6-12)23-18(21)16-4-2-1-3-15(16)17-10-9-14(11-20)22-17/h1-11H. The molecule has 0 radical (unpaired) electrons. The number of esters is 1. The number of carbonyl (C=O) groups is 2. The Morgan fingerprint density at radius 1 is 1.00 bits per heavy atom. The van der Waals surface area contributed by atoms with E-state index in [-0.39, 0.29) is 5.76 Å². The summed E-state index contributed by atoms with van der Waals surface area (Å²) >= 11 is 5.81. The quantitative estimate of drug-likeness (QED) is 0.398. The highest BCUT2D eigenvalue weighted by Crippen LogP contribution is 2.27. The first-order valence-corrected chi connectivity index (χ1v) is 7.17. The van der Waals surface area contributed by atoms with Crippen molar-refractivity contribution >= 4 is 23.9 Å². The van der Waals surface area contributed by atoms with Crippen LogP contribution in [0.4, 0.5) is 0 Å². The van der Waals surface area contributed by atoms with E-state index in [1.807, 2.05) is 0 Å².